The van der Waals surface area contributed by atoms with Gasteiger partial charge >= 0.3 is 0 Å². The highest BCUT2D eigenvalue weighted by Gasteiger charge is 2.36. The summed E-state index contributed by atoms with van der Waals surface area (Å²) in [6.07, 6.45) is 3.24. The molecule has 0 unspecified atom stereocenters. The van der Waals surface area contributed by atoms with Crippen molar-refractivity contribution in [3.63, 3.8) is 0 Å². The Labute approximate surface area is 148 Å². The van der Waals surface area contributed by atoms with Crippen molar-refractivity contribution in [2.75, 3.05) is 0 Å². The zero-order chi connectivity index (χ0) is 18.5. The number of carbonyl (C=O) groups is 2. The largest absolute Gasteiger partial charge is 0.364 e. The summed E-state index contributed by atoms with van der Waals surface area (Å²) in [5.74, 6) is -3.53. The van der Waals surface area contributed by atoms with Crippen LogP contribution in [0, 0.1) is 0 Å². The van der Waals surface area contributed by atoms with Gasteiger partial charge in [0.2, 0.25) is 5.92 Å². The summed E-state index contributed by atoms with van der Waals surface area (Å²) < 4.78 is 27.9. The molecule has 2 aromatic rings. The summed E-state index contributed by atoms with van der Waals surface area (Å²) in [5.41, 5.74) is 6.78. The van der Waals surface area contributed by atoms with Gasteiger partial charge < -0.3 is 11.1 Å². The van der Waals surface area contributed by atoms with Gasteiger partial charge in [0, 0.05) is 31.0 Å². The summed E-state index contributed by atoms with van der Waals surface area (Å²) in [6.45, 7) is 0. The smallest absolute Gasteiger partial charge is 0.269 e. The minimum atomic E-state index is -2.65. The molecule has 3 N–H and O–H groups in total. The Hall–Kier alpha value is -2.58. The maximum Gasteiger partial charge on any atom is 0.269 e. The molecule has 4 rings (SSSR count). The molecule has 9 heteroatoms. The van der Waals surface area contributed by atoms with Gasteiger partial charge in [0.15, 0.2) is 11.3 Å². The third kappa shape index (κ3) is 3.02. The first-order valence-corrected chi connectivity index (χ1v) is 8.72. The highest BCUT2D eigenvalue weighted by Crippen LogP contribution is 2.41. The van der Waals surface area contributed by atoms with Crippen LogP contribution >= 0.6 is 0 Å². The van der Waals surface area contributed by atoms with Crippen LogP contribution in [0.5, 0.6) is 0 Å². The highest BCUT2D eigenvalue weighted by molar-refractivity contribution is 6.01. The molecule has 0 saturated heterocycles. The lowest BCUT2D eigenvalue weighted by atomic mass is 9.92. The van der Waals surface area contributed by atoms with Gasteiger partial charge in [-0.3, -0.25) is 9.59 Å². The van der Waals surface area contributed by atoms with Crippen LogP contribution in [-0.4, -0.2) is 38.4 Å². The van der Waals surface area contributed by atoms with E-state index in [0.717, 1.165) is 12.8 Å². The molecule has 0 radical (unpaired) electrons. The lowest BCUT2D eigenvalue weighted by Crippen LogP contribution is -2.40. The van der Waals surface area contributed by atoms with Gasteiger partial charge in [-0.05, 0) is 31.7 Å². The summed E-state index contributed by atoms with van der Waals surface area (Å²) >= 11 is 0. The molecule has 2 aromatic heterocycles. The van der Waals surface area contributed by atoms with Gasteiger partial charge in [0.25, 0.3) is 11.8 Å². The summed E-state index contributed by atoms with van der Waals surface area (Å²) in [6, 6.07) is 1.21. The van der Waals surface area contributed by atoms with Crippen molar-refractivity contribution in [2.24, 2.45) is 5.73 Å². The second-order valence-corrected chi connectivity index (χ2v) is 7.07. The predicted octanol–water partition coefficient (Wildman–Crippen LogP) is 2.01. The summed E-state index contributed by atoms with van der Waals surface area (Å²) in [5, 5.41) is 6.91. The fourth-order valence-corrected chi connectivity index (χ4v) is 3.46. The highest BCUT2D eigenvalue weighted by atomic mass is 19.3. The van der Waals surface area contributed by atoms with Gasteiger partial charge in [-0.2, -0.15) is 5.10 Å². The number of hydrogen-bond donors (Lipinski definition) is 2. The number of halogens is 2. The number of nitrogens with two attached hydrogens (primary N) is 1. The number of amides is 2. The van der Waals surface area contributed by atoms with Gasteiger partial charge in [-0.1, -0.05) is 0 Å². The molecule has 2 aliphatic carbocycles. The second-order valence-electron chi connectivity index (χ2n) is 7.07. The summed E-state index contributed by atoms with van der Waals surface area (Å²) in [7, 11) is 0. The molecule has 0 spiro atoms. The molecular formula is C17H19F2N5O2. The third-order valence-electron chi connectivity index (χ3n) is 5.04. The van der Waals surface area contributed by atoms with Crippen molar-refractivity contribution in [3.8, 4) is 0 Å². The van der Waals surface area contributed by atoms with E-state index < -0.39 is 17.7 Å². The zero-order valence-corrected chi connectivity index (χ0v) is 14.0. The molecule has 0 aliphatic heterocycles. The quantitative estimate of drug-likeness (QED) is 0.867. The fraction of sp³-hybridized carbons (Fsp3) is 0.529. The van der Waals surface area contributed by atoms with E-state index in [9.17, 15) is 18.4 Å². The van der Waals surface area contributed by atoms with Crippen LogP contribution in [0.25, 0.3) is 5.65 Å². The number of imidazole rings is 1. The first-order valence-electron chi connectivity index (χ1n) is 8.72. The first-order chi connectivity index (χ1) is 12.4. The maximum absolute atomic E-state index is 13.3. The van der Waals surface area contributed by atoms with E-state index in [2.05, 4.69) is 15.4 Å². The number of primary amides is 1. The van der Waals surface area contributed by atoms with Crippen LogP contribution < -0.4 is 11.1 Å². The van der Waals surface area contributed by atoms with E-state index in [1.807, 2.05) is 0 Å². The number of aromatic nitrogens is 3. The van der Waals surface area contributed by atoms with Crippen LogP contribution in [-0.2, 0) is 0 Å². The van der Waals surface area contributed by atoms with Crippen LogP contribution in [0.4, 0.5) is 8.78 Å². The average molecular weight is 363 g/mol. The minimum Gasteiger partial charge on any atom is -0.364 e. The number of nitrogens with zero attached hydrogens (tertiary/aromatic N) is 3. The number of hydrogen-bond acceptors (Lipinski definition) is 4. The Morgan fingerprint density at radius 2 is 1.92 bits per heavy atom. The Bertz CT molecular complexity index is 881. The molecule has 2 saturated carbocycles. The normalized spacial score (nSPS) is 20.2. The van der Waals surface area contributed by atoms with Crippen molar-refractivity contribution < 1.29 is 18.4 Å². The van der Waals surface area contributed by atoms with Crippen molar-refractivity contribution in [1.29, 1.82) is 0 Å². The molecule has 2 fully saturated rings. The molecule has 0 atom stereocenters. The second kappa shape index (κ2) is 6.00. The maximum atomic E-state index is 13.3. The molecule has 26 heavy (non-hydrogen) atoms. The van der Waals surface area contributed by atoms with Crippen LogP contribution in [0.3, 0.4) is 0 Å². The van der Waals surface area contributed by atoms with E-state index in [-0.39, 0.29) is 54.5 Å². The minimum absolute atomic E-state index is 0.163. The Morgan fingerprint density at radius 1 is 1.23 bits per heavy atom. The lowest BCUT2D eigenvalue weighted by molar-refractivity contribution is -0.0399. The van der Waals surface area contributed by atoms with Crippen molar-refractivity contribution >= 4 is 17.5 Å². The number of nitrogens with one attached hydrogen (secondary N) is 1. The van der Waals surface area contributed by atoms with E-state index in [1.54, 1.807) is 0 Å². The molecule has 7 nitrogen and oxygen atoms in total. The monoisotopic (exact) mass is 363 g/mol. The van der Waals surface area contributed by atoms with E-state index in [1.165, 1.54) is 16.8 Å². The van der Waals surface area contributed by atoms with Crippen LogP contribution in [0.2, 0.25) is 0 Å². The average Bonchev–Trinajstić information content (AvgIpc) is 3.35. The van der Waals surface area contributed by atoms with Gasteiger partial charge in [0.05, 0.1) is 11.3 Å². The topological polar surface area (TPSA) is 102 Å². The zero-order valence-electron chi connectivity index (χ0n) is 14.0. The molecule has 138 valence electrons. The lowest BCUT2D eigenvalue weighted by Gasteiger charge is -2.28. The number of fused-ring (bicyclic) bond motifs is 1. The third-order valence-corrected chi connectivity index (χ3v) is 5.04. The van der Waals surface area contributed by atoms with Crippen molar-refractivity contribution in [2.45, 2.75) is 56.4 Å². The van der Waals surface area contributed by atoms with E-state index in [0.29, 0.717) is 5.69 Å². The molecule has 0 bridgehead atoms. The predicted molar refractivity (Wildman–Crippen MR) is 88.1 cm³/mol. The van der Waals surface area contributed by atoms with Gasteiger partial charge in [-0.15, -0.1) is 0 Å². The fourth-order valence-electron chi connectivity index (χ4n) is 3.46. The Morgan fingerprint density at radius 3 is 2.54 bits per heavy atom. The van der Waals surface area contributed by atoms with E-state index in [4.69, 9.17) is 5.73 Å². The molecule has 0 aromatic carbocycles. The first kappa shape index (κ1) is 16.9. The Balaban J connectivity index is 1.63. The molecular weight excluding hydrogens is 344 g/mol. The van der Waals surface area contributed by atoms with Crippen LogP contribution in [0.15, 0.2) is 12.3 Å². The van der Waals surface area contributed by atoms with Gasteiger partial charge in [0.1, 0.15) is 0 Å². The van der Waals surface area contributed by atoms with Crippen LogP contribution in [0.1, 0.15) is 71.0 Å². The number of carbonyl (C=O) groups excluding carboxylic acids is 2. The van der Waals surface area contributed by atoms with Gasteiger partial charge in [-0.25, -0.2) is 18.3 Å². The number of rotatable bonds is 4. The van der Waals surface area contributed by atoms with E-state index >= 15 is 0 Å². The Kier molecular flexibility index (Phi) is 3.89. The van der Waals surface area contributed by atoms with Crippen molar-refractivity contribution in [1.82, 2.24) is 19.9 Å². The van der Waals surface area contributed by atoms with Crippen molar-refractivity contribution in [3.05, 3.63) is 29.2 Å². The standard InChI is InChI=1S/C17H19F2N5O2/c18-17(19)6-3-10(4-7-17)22-16(26)11-5-8-21-24-13(14(20)25)12(9-1-2-9)23-15(11)24/h5,8-10H,1-4,6-7H2,(H2,20,25)(H,22,26). The SMILES string of the molecule is NC(=O)c1c(C2CC2)nc2c(C(=O)NC3CCC(F)(F)CC3)ccnn12. The molecule has 2 heterocycles. The summed E-state index contributed by atoms with van der Waals surface area (Å²) in [4.78, 5) is 29.0. The number of alkyl halides is 2. The molecule has 2 amide bonds. The molecule has 2 aliphatic rings.